The highest BCUT2D eigenvalue weighted by Crippen LogP contribution is 2.23. The van der Waals surface area contributed by atoms with Crippen LogP contribution in [0.1, 0.15) is 11.1 Å². The summed E-state index contributed by atoms with van der Waals surface area (Å²) in [5.74, 6) is 0. The number of nitrogens with zero attached hydrogens (tertiary/aromatic N) is 4. The van der Waals surface area contributed by atoms with Crippen LogP contribution in [0.15, 0.2) is 35.3 Å². The van der Waals surface area contributed by atoms with Crippen LogP contribution in [0.25, 0.3) is 0 Å². The van der Waals surface area contributed by atoms with Crippen LogP contribution >= 0.6 is 0 Å². The van der Waals surface area contributed by atoms with E-state index in [2.05, 4.69) is 51.5 Å². The Bertz CT molecular complexity index is 762. The van der Waals surface area contributed by atoms with Crippen LogP contribution < -0.4 is 15.8 Å². The first-order chi connectivity index (χ1) is 11.6. The van der Waals surface area contributed by atoms with Crippen LogP contribution in [0.3, 0.4) is 0 Å². The average molecular weight is 327 g/mol. The van der Waals surface area contributed by atoms with Gasteiger partial charge in [0.05, 0.1) is 11.9 Å². The molecule has 6 heteroatoms. The van der Waals surface area contributed by atoms with Crippen molar-refractivity contribution < 1.29 is 0 Å². The van der Waals surface area contributed by atoms with Crippen LogP contribution in [-0.2, 0) is 13.6 Å². The number of para-hydroxylation sites is 1. The molecule has 0 saturated carbocycles. The lowest BCUT2D eigenvalue weighted by Gasteiger charge is -2.35. The molecule has 0 amide bonds. The van der Waals surface area contributed by atoms with Gasteiger partial charge in [-0.25, -0.2) is 4.68 Å². The molecule has 128 valence electrons. The van der Waals surface area contributed by atoms with Crippen molar-refractivity contribution in [3.8, 4) is 0 Å². The number of anilines is 2. The van der Waals surface area contributed by atoms with Crippen molar-refractivity contribution in [2.45, 2.75) is 13.5 Å². The molecule has 0 atom stereocenters. The quantitative estimate of drug-likeness (QED) is 0.921. The zero-order valence-electron chi connectivity index (χ0n) is 14.6. The normalized spacial score (nSPS) is 15.5. The van der Waals surface area contributed by atoms with Crippen molar-refractivity contribution in [1.29, 1.82) is 0 Å². The van der Waals surface area contributed by atoms with Crippen molar-refractivity contribution in [1.82, 2.24) is 14.7 Å². The average Bonchev–Trinajstić information content (AvgIpc) is 2.60. The van der Waals surface area contributed by atoms with E-state index in [4.69, 9.17) is 0 Å². The standard InChI is InChI=1S/C18H25N5O/c1-14-16(13-20-22(3)18(14)24)19-12-15-6-4-5-7-17(15)23-10-8-21(2)9-11-23/h4-7,13,19H,8-12H2,1-3H3. The summed E-state index contributed by atoms with van der Waals surface area (Å²) in [5, 5.41) is 7.47. The van der Waals surface area contributed by atoms with Crippen LogP contribution in [0.2, 0.25) is 0 Å². The Morgan fingerprint density at radius 3 is 2.58 bits per heavy atom. The van der Waals surface area contributed by atoms with Gasteiger partial charge in [-0.3, -0.25) is 4.79 Å². The van der Waals surface area contributed by atoms with Crippen molar-refractivity contribution in [2.24, 2.45) is 7.05 Å². The van der Waals surface area contributed by atoms with Crippen molar-refractivity contribution >= 4 is 11.4 Å². The fourth-order valence-corrected chi connectivity index (χ4v) is 3.04. The van der Waals surface area contributed by atoms with Gasteiger partial charge in [-0.1, -0.05) is 18.2 Å². The number of rotatable bonds is 4. The first-order valence-electron chi connectivity index (χ1n) is 8.34. The molecular formula is C18H25N5O. The summed E-state index contributed by atoms with van der Waals surface area (Å²) in [6, 6.07) is 8.47. The maximum Gasteiger partial charge on any atom is 0.271 e. The fraction of sp³-hybridized carbons (Fsp3) is 0.444. The van der Waals surface area contributed by atoms with Gasteiger partial charge in [0.25, 0.3) is 5.56 Å². The second kappa shape index (κ2) is 7.05. The number of hydrogen-bond donors (Lipinski definition) is 1. The number of piperazine rings is 1. The predicted octanol–water partition coefficient (Wildman–Crippen LogP) is 1.45. The molecule has 2 aromatic rings. The molecule has 0 bridgehead atoms. The first kappa shape index (κ1) is 16.5. The SMILES string of the molecule is Cc1c(NCc2ccccc2N2CCN(C)CC2)cnn(C)c1=O. The van der Waals surface area contributed by atoms with Gasteiger partial charge in [-0.15, -0.1) is 0 Å². The van der Waals surface area contributed by atoms with Gasteiger partial charge in [0.1, 0.15) is 0 Å². The molecule has 1 N–H and O–H groups in total. The topological polar surface area (TPSA) is 53.4 Å². The van der Waals surface area contributed by atoms with E-state index in [1.165, 1.54) is 15.9 Å². The molecule has 0 aliphatic carbocycles. The third kappa shape index (κ3) is 3.43. The largest absolute Gasteiger partial charge is 0.379 e. The van der Waals surface area contributed by atoms with E-state index in [1.807, 2.05) is 6.92 Å². The van der Waals surface area contributed by atoms with E-state index in [1.54, 1.807) is 13.2 Å². The molecule has 1 aliphatic heterocycles. The van der Waals surface area contributed by atoms with Crippen molar-refractivity contribution in [3.63, 3.8) is 0 Å². The smallest absolute Gasteiger partial charge is 0.271 e. The molecule has 1 aromatic carbocycles. The highest BCUT2D eigenvalue weighted by molar-refractivity contribution is 5.56. The number of aryl methyl sites for hydroxylation is 1. The number of aromatic nitrogens is 2. The molecule has 2 heterocycles. The molecule has 0 radical (unpaired) electrons. The first-order valence-corrected chi connectivity index (χ1v) is 8.34. The zero-order chi connectivity index (χ0) is 17.1. The Labute approximate surface area is 142 Å². The Hall–Kier alpha value is -2.34. The third-order valence-corrected chi connectivity index (χ3v) is 4.68. The molecule has 1 fully saturated rings. The van der Waals surface area contributed by atoms with Gasteiger partial charge >= 0.3 is 0 Å². The second-order valence-electron chi connectivity index (χ2n) is 6.38. The molecule has 1 saturated heterocycles. The fourth-order valence-electron chi connectivity index (χ4n) is 3.04. The summed E-state index contributed by atoms with van der Waals surface area (Å²) in [7, 11) is 3.83. The lowest BCUT2D eigenvalue weighted by Crippen LogP contribution is -2.44. The molecule has 6 nitrogen and oxygen atoms in total. The Kier molecular flexibility index (Phi) is 4.85. The highest BCUT2D eigenvalue weighted by Gasteiger charge is 2.16. The molecule has 0 unspecified atom stereocenters. The van der Waals surface area contributed by atoms with Crippen molar-refractivity contribution in [3.05, 3.63) is 51.9 Å². The van der Waals surface area contributed by atoms with Crippen LogP contribution in [0.5, 0.6) is 0 Å². The predicted molar refractivity (Wildman–Crippen MR) is 97.7 cm³/mol. The number of benzene rings is 1. The van der Waals surface area contributed by atoms with Gasteiger partial charge < -0.3 is 15.1 Å². The van der Waals surface area contributed by atoms with E-state index in [0.717, 1.165) is 31.9 Å². The van der Waals surface area contributed by atoms with Crippen LogP contribution in [0.4, 0.5) is 11.4 Å². The Morgan fingerprint density at radius 1 is 1.12 bits per heavy atom. The van der Waals surface area contributed by atoms with E-state index < -0.39 is 0 Å². The number of nitrogens with one attached hydrogen (secondary N) is 1. The van der Waals surface area contributed by atoms with Gasteiger partial charge in [-0.2, -0.15) is 5.10 Å². The summed E-state index contributed by atoms with van der Waals surface area (Å²) >= 11 is 0. The maximum absolute atomic E-state index is 12.0. The Morgan fingerprint density at radius 2 is 1.83 bits per heavy atom. The Balaban J connectivity index is 1.77. The molecular weight excluding hydrogens is 302 g/mol. The second-order valence-corrected chi connectivity index (χ2v) is 6.38. The summed E-state index contributed by atoms with van der Waals surface area (Å²) in [6.07, 6.45) is 1.72. The molecule has 0 spiro atoms. The van der Waals surface area contributed by atoms with Gasteiger partial charge in [-0.05, 0) is 25.6 Å². The van der Waals surface area contributed by atoms with E-state index in [9.17, 15) is 4.79 Å². The van der Waals surface area contributed by atoms with Gasteiger partial charge in [0.2, 0.25) is 0 Å². The number of hydrogen-bond acceptors (Lipinski definition) is 5. The van der Waals surface area contributed by atoms with Gasteiger partial charge in [0, 0.05) is 51.0 Å². The lowest BCUT2D eigenvalue weighted by molar-refractivity contribution is 0.312. The summed E-state index contributed by atoms with van der Waals surface area (Å²) in [4.78, 5) is 16.8. The minimum Gasteiger partial charge on any atom is -0.379 e. The van der Waals surface area contributed by atoms with Crippen LogP contribution in [-0.4, -0.2) is 47.9 Å². The maximum atomic E-state index is 12.0. The van der Waals surface area contributed by atoms with E-state index in [0.29, 0.717) is 12.1 Å². The summed E-state index contributed by atoms with van der Waals surface area (Å²) in [5.41, 5.74) is 3.94. The highest BCUT2D eigenvalue weighted by atomic mass is 16.1. The zero-order valence-corrected chi connectivity index (χ0v) is 14.6. The van der Waals surface area contributed by atoms with Crippen LogP contribution in [0, 0.1) is 6.92 Å². The van der Waals surface area contributed by atoms with E-state index >= 15 is 0 Å². The van der Waals surface area contributed by atoms with E-state index in [-0.39, 0.29) is 5.56 Å². The van der Waals surface area contributed by atoms with Gasteiger partial charge in [0.15, 0.2) is 0 Å². The lowest BCUT2D eigenvalue weighted by atomic mass is 10.1. The minimum absolute atomic E-state index is 0.0626. The molecule has 24 heavy (non-hydrogen) atoms. The summed E-state index contributed by atoms with van der Waals surface area (Å²) in [6.45, 7) is 6.76. The van der Waals surface area contributed by atoms with Crippen molar-refractivity contribution in [2.75, 3.05) is 43.4 Å². The number of likely N-dealkylation sites (N-methyl/N-ethyl adjacent to an activating group) is 1. The monoisotopic (exact) mass is 327 g/mol. The molecule has 3 rings (SSSR count). The third-order valence-electron chi connectivity index (χ3n) is 4.68. The molecule has 1 aromatic heterocycles. The summed E-state index contributed by atoms with van der Waals surface area (Å²) < 4.78 is 1.36. The molecule has 1 aliphatic rings. The minimum atomic E-state index is -0.0626.